The fourth-order valence-corrected chi connectivity index (χ4v) is 2.36. The number of anilines is 1. The summed E-state index contributed by atoms with van der Waals surface area (Å²) in [4.78, 5) is 21.3. The highest BCUT2D eigenvalue weighted by atomic mass is 16.6. The number of amides is 1. The van der Waals surface area contributed by atoms with Crippen LogP contribution in [0.4, 0.5) is 16.2 Å². The minimum absolute atomic E-state index is 0.126. The molecule has 0 heterocycles. The van der Waals surface area contributed by atoms with Crippen molar-refractivity contribution in [1.82, 2.24) is 5.32 Å². The highest BCUT2D eigenvalue weighted by Crippen LogP contribution is 2.12. The van der Waals surface area contributed by atoms with Gasteiger partial charge in [0.15, 0.2) is 0 Å². The number of non-ortho nitro benzene ring substituents is 1. The number of nitrogen functional groups attached to an aromatic ring is 1. The lowest BCUT2D eigenvalue weighted by atomic mass is 10.1. The largest absolute Gasteiger partial charge is 0.444 e. The maximum Gasteiger partial charge on any atom is 0.407 e. The van der Waals surface area contributed by atoms with Crippen LogP contribution >= 0.6 is 0 Å². The molecular formula is C21H30N4O4. The van der Waals surface area contributed by atoms with E-state index < -0.39 is 10.5 Å². The van der Waals surface area contributed by atoms with Gasteiger partial charge in [0, 0.05) is 24.4 Å². The molecular weight excluding hydrogens is 372 g/mol. The van der Waals surface area contributed by atoms with Gasteiger partial charge in [0.25, 0.3) is 5.69 Å². The molecule has 2 aromatic carbocycles. The topological polar surface area (TPSA) is 134 Å². The Morgan fingerprint density at radius 1 is 1.10 bits per heavy atom. The van der Waals surface area contributed by atoms with E-state index in [2.05, 4.69) is 5.32 Å². The molecule has 0 aliphatic rings. The van der Waals surface area contributed by atoms with E-state index >= 15 is 0 Å². The van der Waals surface area contributed by atoms with Crippen molar-refractivity contribution in [1.29, 1.82) is 0 Å². The third kappa shape index (κ3) is 10.7. The first kappa shape index (κ1) is 23.9. The van der Waals surface area contributed by atoms with Gasteiger partial charge < -0.3 is 21.5 Å². The predicted octanol–water partition coefficient (Wildman–Crippen LogP) is 3.43. The van der Waals surface area contributed by atoms with Crippen molar-refractivity contribution in [2.75, 3.05) is 18.8 Å². The van der Waals surface area contributed by atoms with Crippen molar-refractivity contribution < 1.29 is 14.5 Å². The number of carbonyl (C=O) groups excluding carboxylic acids is 1. The van der Waals surface area contributed by atoms with Gasteiger partial charge in [-0.1, -0.05) is 24.3 Å². The van der Waals surface area contributed by atoms with Crippen LogP contribution in [0.3, 0.4) is 0 Å². The molecule has 8 nitrogen and oxygen atoms in total. The van der Waals surface area contributed by atoms with Gasteiger partial charge >= 0.3 is 6.09 Å². The Bertz CT molecular complexity index is 803. The summed E-state index contributed by atoms with van der Waals surface area (Å²) in [6.45, 7) is 6.57. The lowest BCUT2D eigenvalue weighted by Gasteiger charge is -2.19. The molecule has 0 aromatic heterocycles. The fraction of sp³-hybridized carbons (Fsp3) is 0.381. The molecule has 158 valence electrons. The number of benzene rings is 2. The molecule has 0 saturated carbocycles. The van der Waals surface area contributed by atoms with Crippen molar-refractivity contribution >= 4 is 17.5 Å². The van der Waals surface area contributed by atoms with Crippen molar-refractivity contribution in [3.63, 3.8) is 0 Å². The molecule has 2 rings (SSSR count). The van der Waals surface area contributed by atoms with Crippen LogP contribution in [0.5, 0.6) is 0 Å². The van der Waals surface area contributed by atoms with Crippen LogP contribution in [0.1, 0.15) is 31.9 Å². The summed E-state index contributed by atoms with van der Waals surface area (Å²) < 4.78 is 5.12. The number of nitrogens with zero attached hydrogens (tertiary/aromatic N) is 1. The first-order chi connectivity index (χ1) is 13.6. The third-order valence-corrected chi connectivity index (χ3v) is 3.59. The van der Waals surface area contributed by atoms with Gasteiger partial charge in [-0.15, -0.1) is 0 Å². The number of hydrogen-bond acceptors (Lipinski definition) is 6. The number of alkyl carbamates (subject to hydrolysis) is 1. The molecule has 0 fully saturated rings. The lowest BCUT2D eigenvalue weighted by Crippen LogP contribution is -2.33. The average molecular weight is 402 g/mol. The molecule has 0 atom stereocenters. The summed E-state index contributed by atoms with van der Waals surface area (Å²) in [6.07, 6.45) is 1.03. The molecule has 5 N–H and O–H groups in total. The molecule has 0 radical (unpaired) electrons. The molecule has 0 bridgehead atoms. The number of nitro benzene ring substituents is 1. The van der Waals surface area contributed by atoms with Gasteiger partial charge in [0.2, 0.25) is 0 Å². The summed E-state index contributed by atoms with van der Waals surface area (Å²) in [7, 11) is 0. The number of hydrogen-bond donors (Lipinski definition) is 3. The molecule has 0 aliphatic carbocycles. The highest BCUT2D eigenvalue weighted by molar-refractivity contribution is 5.67. The lowest BCUT2D eigenvalue weighted by molar-refractivity contribution is -0.384. The second-order valence-corrected chi connectivity index (χ2v) is 7.39. The number of nitrogens with one attached hydrogen (secondary N) is 1. The van der Waals surface area contributed by atoms with Gasteiger partial charge in [0.05, 0.1) is 4.92 Å². The standard InChI is InChI=1S/C13H20N2O2.C8H10N2O2/c1-13(2,3)17-12(16)15-8-7-10-5-4-6-11(14)9-10;9-5-4-7-2-1-3-8(6-7)10(11)12/h4-6,9H,7-8,14H2,1-3H3,(H,15,16);1-3,6H,4-5,9H2. The first-order valence-corrected chi connectivity index (χ1v) is 9.35. The quantitative estimate of drug-likeness (QED) is 0.385. The molecule has 8 heteroatoms. The van der Waals surface area contributed by atoms with Crippen molar-refractivity contribution in [2.24, 2.45) is 5.73 Å². The Balaban J connectivity index is 0.000000308. The third-order valence-electron chi connectivity index (χ3n) is 3.59. The van der Waals surface area contributed by atoms with Crippen LogP contribution < -0.4 is 16.8 Å². The summed E-state index contributed by atoms with van der Waals surface area (Å²) in [5.74, 6) is 0. The number of rotatable bonds is 6. The predicted molar refractivity (Wildman–Crippen MR) is 115 cm³/mol. The van der Waals surface area contributed by atoms with Crippen molar-refractivity contribution in [3.8, 4) is 0 Å². The van der Waals surface area contributed by atoms with E-state index in [-0.39, 0.29) is 11.8 Å². The molecule has 1 amide bonds. The van der Waals surface area contributed by atoms with Gasteiger partial charge in [-0.25, -0.2) is 4.79 Å². The first-order valence-electron chi connectivity index (χ1n) is 9.35. The minimum atomic E-state index is -0.457. The Kier molecular flexibility index (Phi) is 9.61. The smallest absolute Gasteiger partial charge is 0.407 e. The summed E-state index contributed by atoms with van der Waals surface area (Å²) in [5.41, 5.74) is 13.4. The Morgan fingerprint density at radius 2 is 1.72 bits per heavy atom. The zero-order chi connectivity index (χ0) is 21.9. The average Bonchev–Trinajstić information content (AvgIpc) is 2.61. The molecule has 0 spiro atoms. The van der Waals surface area contributed by atoms with E-state index in [1.165, 1.54) is 6.07 Å². The Labute approximate surface area is 171 Å². The van der Waals surface area contributed by atoms with Gasteiger partial charge in [0.1, 0.15) is 5.60 Å². The highest BCUT2D eigenvalue weighted by Gasteiger charge is 2.15. The van der Waals surface area contributed by atoms with Crippen molar-refractivity contribution in [2.45, 2.75) is 39.2 Å². The second-order valence-electron chi connectivity index (χ2n) is 7.39. The molecule has 0 unspecified atom stereocenters. The monoisotopic (exact) mass is 402 g/mol. The molecule has 2 aromatic rings. The summed E-state index contributed by atoms with van der Waals surface area (Å²) in [5, 5.41) is 13.0. The van der Waals surface area contributed by atoms with E-state index in [0.717, 1.165) is 23.2 Å². The molecule has 0 saturated heterocycles. The van der Waals surface area contributed by atoms with Crippen LogP contribution in [0.15, 0.2) is 48.5 Å². The minimum Gasteiger partial charge on any atom is -0.444 e. The van der Waals surface area contributed by atoms with Crippen LogP contribution in [0, 0.1) is 10.1 Å². The number of nitro groups is 1. The van der Waals surface area contributed by atoms with Gasteiger partial charge in [-0.3, -0.25) is 10.1 Å². The maximum atomic E-state index is 11.4. The number of nitrogens with two attached hydrogens (primary N) is 2. The van der Waals surface area contributed by atoms with Gasteiger partial charge in [-0.05, 0) is 63.4 Å². The van der Waals surface area contributed by atoms with Crippen LogP contribution in [0.25, 0.3) is 0 Å². The van der Waals surface area contributed by atoms with Gasteiger partial charge in [-0.2, -0.15) is 0 Å². The summed E-state index contributed by atoms with van der Waals surface area (Å²) in [6, 6.07) is 14.1. The van der Waals surface area contributed by atoms with E-state index in [0.29, 0.717) is 19.5 Å². The summed E-state index contributed by atoms with van der Waals surface area (Å²) >= 11 is 0. The van der Waals surface area contributed by atoms with Crippen LogP contribution in [-0.2, 0) is 17.6 Å². The van der Waals surface area contributed by atoms with Crippen molar-refractivity contribution in [3.05, 3.63) is 69.8 Å². The zero-order valence-electron chi connectivity index (χ0n) is 17.2. The normalized spacial score (nSPS) is 10.5. The zero-order valence-corrected chi connectivity index (χ0v) is 17.2. The second kappa shape index (κ2) is 11.7. The van der Waals surface area contributed by atoms with E-state index in [1.54, 1.807) is 12.1 Å². The number of carbonyl (C=O) groups is 1. The van der Waals surface area contributed by atoms with Crippen LogP contribution in [-0.4, -0.2) is 29.7 Å². The number of ether oxygens (including phenoxy) is 1. The van der Waals surface area contributed by atoms with E-state index in [1.807, 2.05) is 51.1 Å². The van der Waals surface area contributed by atoms with E-state index in [4.69, 9.17) is 16.2 Å². The Hall–Kier alpha value is -3.13. The maximum absolute atomic E-state index is 11.4. The molecule has 0 aliphatic heterocycles. The van der Waals surface area contributed by atoms with Crippen LogP contribution in [0.2, 0.25) is 0 Å². The SMILES string of the molecule is CC(C)(C)OC(=O)NCCc1cccc(N)c1.NCCc1cccc([N+](=O)[O-])c1. The van der Waals surface area contributed by atoms with E-state index in [9.17, 15) is 14.9 Å². The Morgan fingerprint density at radius 3 is 2.28 bits per heavy atom. The fourth-order valence-electron chi connectivity index (χ4n) is 2.36. The molecule has 29 heavy (non-hydrogen) atoms.